The van der Waals surface area contributed by atoms with Gasteiger partial charge in [-0.25, -0.2) is 9.18 Å². The molecule has 0 aromatic heterocycles. The molecule has 2 aliphatic rings. The normalized spacial score (nSPS) is 22.8. The molecule has 1 heterocycles. The van der Waals surface area contributed by atoms with Crippen LogP contribution in [0.15, 0.2) is 22.7 Å². The summed E-state index contributed by atoms with van der Waals surface area (Å²) >= 11 is 4.94. The van der Waals surface area contributed by atoms with E-state index in [0.29, 0.717) is 10.5 Å². The number of nitrogens with one attached hydrogen (secondary N) is 1. The van der Waals surface area contributed by atoms with Crippen molar-refractivity contribution in [3.63, 3.8) is 0 Å². The molecule has 21 heavy (non-hydrogen) atoms. The highest BCUT2D eigenvalue weighted by molar-refractivity contribution is 9.10. The van der Waals surface area contributed by atoms with Gasteiger partial charge in [0.15, 0.2) is 0 Å². The summed E-state index contributed by atoms with van der Waals surface area (Å²) in [7, 11) is 0. The lowest BCUT2D eigenvalue weighted by Crippen LogP contribution is -2.43. The lowest BCUT2D eigenvalue weighted by atomic mass is 10.2. The van der Waals surface area contributed by atoms with Gasteiger partial charge in [-0.2, -0.15) is 0 Å². The van der Waals surface area contributed by atoms with Crippen LogP contribution >= 0.6 is 27.7 Å². The molecular formula is C15H18BrFN2OS. The molecule has 1 N–H and O–H groups in total. The number of urea groups is 1. The van der Waals surface area contributed by atoms with Crippen molar-refractivity contribution in [2.45, 2.75) is 37.1 Å². The van der Waals surface area contributed by atoms with Gasteiger partial charge in [0.2, 0.25) is 0 Å². The van der Waals surface area contributed by atoms with Crippen molar-refractivity contribution in [2.75, 3.05) is 12.3 Å². The van der Waals surface area contributed by atoms with Gasteiger partial charge in [0.1, 0.15) is 11.2 Å². The molecule has 3 nitrogen and oxygen atoms in total. The molecule has 0 bridgehead atoms. The first-order valence-corrected chi connectivity index (χ1v) is 9.13. The number of benzene rings is 1. The highest BCUT2D eigenvalue weighted by Crippen LogP contribution is 2.39. The Morgan fingerprint density at radius 1 is 1.38 bits per heavy atom. The summed E-state index contributed by atoms with van der Waals surface area (Å²) in [6.07, 6.45) is 4.57. The Labute approximate surface area is 136 Å². The van der Waals surface area contributed by atoms with Gasteiger partial charge in [0.25, 0.3) is 0 Å². The number of hydrogen-bond acceptors (Lipinski definition) is 2. The van der Waals surface area contributed by atoms with E-state index in [1.807, 2.05) is 4.90 Å². The van der Waals surface area contributed by atoms with Crippen LogP contribution in [0.5, 0.6) is 0 Å². The fourth-order valence-electron chi connectivity index (χ4n) is 2.95. The Hall–Kier alpha value is -0.750. The van der Waals surface area contributed by atoms with Crippen LogP contribution in [0.25, 0.3) is 0 Å². The van der Waals surface area contributed by atoms with Crippen LogP contribution in [-0.2, 0) is 0 Å². The van der Waals surface area contributed by atoms with Gasteiger partial charge in [-0.15, -0.1) is 11.8 Å². The van der Waals surface area contributed by atoms with Gasteiger partial charge in [-0.05, 0) is 46.5 Å². The number of halogens is 2. The topological polar surface area (TPSA) is 32.3 Å². The SMILES string of the molecule is O=C(NC1CCCC1)N1CCS[C@H]1c1ccc(F)c(Br)c1. The monoisotopic (exact) mass is 372 g/mol. The molecule has 114 valence electrons. The molecule has 1 aliphatic heterocycles. The van der Waals surface area contributed by atoms with E-state index in [1.165, 1.54) is 18.9 Å². The van der Waals surface area contributed by atoms with Crippen molar-refractivity contribution in [3.8, 4) is 0 Å². The molecule has 0 spiro atoms. The van der Waals surface area contributed by atoms with Gasteiger partial charge in [0.05, 0.1) is 4.47 Å². The van der Waals surface area contributed by atoms with E-state index in [-0.39, 0.29) is 17.2 Å². The zero-order chi connectivity index (χ0) is 14.8. The third-order valence-electron chi connectivity index (χ3n) is 4.06. The molecule has 2 fully saturated rings. The minimum Gasteiger partial charge on any atom is -0.335 e. The molecule has 1 aromatic carbocycles. The van der Waals surface area contributed by atoms with Crippen molar-refractivity contribution in [1.82, 2.24) is 10.2 Å². The Morgan fingerprint density at radius 3 is 2.86 bits per heavy atom. The second-order valence-corrected chi connectivity index (χ2v) is 7.56. The van der Waals surface area contributed by atoms with E-state index >= 15 is 0 Å². The molecule has 0 radical (unpaired) electrons. The van der Waals surface area contributed by atoms with Crippen molar-refractivity contribution < 1.29 is 9.18 Å². The number of thioether (sulfide) groups is 1. The predicted octanol–water partition coefficient (Wildman–Crippen LogP) is 4.29. The van der Waals surface area contributed by atoms with E-state index in [2.05, 4.69) is 21.2 Å². The first-order valence-electron chi connectivity index (χ1n) is 7.29. The van der Waals surface area contributed by atoms with Gasteiger partial charge in [-0.1, -0.05) is 18.9 Å². The maximum absolute atomic E-state index is 13.4. The predicted molar refractivity (Wildman–Crippen MR) is 86.8 cm³/mol. The van der Waals surface area contributed by atoms with Crippen LogP contribution in [0, 0.1) is 5.82 Å². The fourth-order valence-corrected chi connectivity index (χ4v) is 4.59. The Kier molecular flexibility index (Phi) is 4.74. The highest BCUT2D eigenvalue weighted by atomic mass is 79.9. The lowest BCUT2D eigenvalue weighted by Gasteiger charge is -2.26. The van der Waals surface area contributed by atoms with Crippen molar-refractivity contribution >= 4 is 33.7 Å². The summed E-state index contributed by atoms with van der Waals surface area (Å²) in [6.45, 7) is 0.739. The van der Waals surface area contributed by atoms with Gasteiger partial charge < -0.3 is 10.2 Å². The maximum atomic E-state index is 13.4. The molecule has 1 aliphatic carbocycles. The number of carbonyl (C=O) groups is 1. The summed E-state index contributed by atoms with van der Waals surface area (Å²) in [4.78, 5) is 14.3. The molecule has 2 amide bonds. The Bertz CT molecular complexity index is 536. The summed E-state index contributed by atoms with van der Waals surface area (Å²) in [5.74, 6) is 0.640. The van der Waals surface area contributed by atoms with E-state index in [0.717, 1.165) is 30.7 Å². The summed E-state index contributed by atoms with van der Waals surface area (Å²) in [5.41, 5.74) is 0.965. The van der Waals surface area contributed by atoms with Crippen LogP contribution < -0.4 is 5.32 Å². The molecule has 6 heteroatoms. The average Bonchev–Trinajstić information content (AvgIpc) is 3.12. The maximum Gasteiger partial charge on any atom is 0.318 e. The first kappa shape index (κ1) is 15.2. The lowest BCUT2D eigenvalue weighted by molar-refractivity contribution is 0.196. The van der Waals surface area contributed by atoms with Crippen molar-refractivity contribution in [1.29, 1.82) is 0 Å². The first-order chi connectivity index (χ1) is 10.1. The molecule has 1 aromatic rings. The van der Waals surface area contributed by atoms with Crippen LogP contribution in [0.2, 0.25) is 0 Å². The quantitative estimate of drug-likeness (QED) is 0.839. The Balaban J connectivity index is 1.72. The second-order valence-electron chi connectivity index (χ2n) is 5.52. The average molecular weight is 373 g/mol. The van der Waals surface area contributed by atoms with E-state index < -0.39 is 0 Å². The summed E-state index contributed by atoms with van der Waals surface area (Å²) in [6, 6.07) is 5.32. The largest absolute Gasteiger partial charge is 0.335 e. The second kappa shape index (κ2) is 6.57. The zero-order valence-corrected chi connectivity index (χ0v) is 14.1. The number of carbonyl (C=O) groups excluding carboxylic acids is 1. The van der Waals surface area contributed by atoms with Gasteiger partial charge in [-0.3, -0.25) is 0 Å². The van der Waals surface area contributed by atoms with Crippen LogP contribution in [-0.4, -0.2) is 29.3 Å². The molecule has 1 saturated heterocycles. The summed E-state index contributed by atoms with van der Waals surface area (Å²) < 4.78 is 13.8. The van der Waals surface area contributed by atoms with Crippen molar-refractivity contribution in [3.05, 3.63) is 34.1 Å². The van der Waals surface area contributed by atoms with Crippen molar-refractivity contribution in [2.24, 2.45) is 0 Å². The molecule has 1 atom stereocenters. The van der Waals surface area contributed by atoms with E-state index in [4.69, 9.17) is 0 Å². The van der Waals surface area contributed by atoms with Gasteiger partial charge >= 0.3 is 6.03 Å². The van der Waals surface area contributed by atoms with Crippen LogP contribution in [0.3, 0.4) is 0 Å². The smallest absolute Gasteiger partial charge is 0.318 e. The minimum atomic E-state index is -0.274. The summed E-state index contributed by atoms with van der Waals surface area (Å²) in [5, 5.41) is 3.11. The fraction of sp³-hybridized carbons (Fsp3) is 0.533. The Morgan fingerprint density at radius 2 is 2.14 bits per heavy atom. The minimum absolute atomic E-state index is 0.0114. The van der Waals surface area contributed by atoms with Crippen LogP contribution in [0.1, 0.15) is 36.6 Å². The zero-order valence-electron chi connectivity index (χ0n) is 11.6. The van der Waals surface area contributed by atoms with E-state index in [1.54, 1.807) is 23.9 Å². The molecule has 0 unspecified atom stereocenters. The number of hydrogen-bond donors (Lipinski definition) is 1. The number of nitrogens with zero attached hydrogens (tertiary/aromatic N) is 1. The number of rotatable bonds is 2. The highest BCUT2D eigenvalue weighted by Gasteiger charge is 2.32. The number of amides is 2. The van der Waals surface area contributed by atoms with Gasteiger partial charge in [0, 0.05) is 18.3 Å². The van der Waals surface area contributed by atoms with Crippen LogP contribution in [0.4, 0.5) is 9.18 Å². The van der Waals surface area contributed by atoms with E-state index in [9.17, 15) is 9.18 Å². The molecule has 1 saturated carbocycles. The standard InChI is InChI=1S/C15H18BrFN2OS/c16-12-9-10(5-6-13(12)17)14-19(7-8-21-14)15(20)18-11-3-1-2-4-11/h5-6,9,11,14H,1-4,7-8H2,(H,18,20)/t14-/m0/s1. The third kappa shape index (κ3) is 3.37. The molecular weight excluding hydrogens is 355 g/mol. The third-order valence-corrected chi connectivity index (χ3v) is 5.93. The molecule has 3 rings (SSSR count).